The molecule has 40 heavy (non-hydrogen) atoms. The second kappa shape index (κ2) is 11.3. The molecule has 0 unspecified atom stereocenters. The fourth-order valence-corrected chi connectivity index (χ4v) is 5.52. The van der Waals surface area contributed by atoms with E-state index in [2.05, 4.69) is 4.99 Å². The van der Waals surface area contributed by atoms with Gasteiger partial charge in [-0.2, -0.15) is 0 Å². The van der Waals surface area contributed by atoms with Crippen molar-refractivity contribution in [1.82, 2.24) is 4.57 Å². The van der Waals surface area contributed by atoms with Crippen LogP contribution in [0.4, 0.5) is 5.69 Å². The fourth-order valence-electron chi connectivity index (χ4n) is 4.35. The number of allylic oxidation sites excluding steroid dienone is 1. The Balaban J connectivity index is 1.44. The number of thiazole rings is 1. The van der Waals surface area contributed by atoms with Gasteiger partial charge in [0.15, 0.2) is 4.80 Å². The topological polar surface area (TPSA) is 113 Å². The number of fused-ring (bicyclic) bond motifs is 1. The number of hydrogen-bond acceptors (Lipinski definition) is 8. The Morgan fingerprint density at radius 3 is 2.40 bits per heavy atom. The Morgan fingerprint density at radius 2 is 1.77 bits per heavy atom. The minimum Gasteiger partial charge on any atom is -0.489 e. The first-order valence-electron chi connectivity index (χ1n) is 12.1. The van der Waals surface area contributed by atoms with Crippen LogP contribution >= 0.6 is 22.9 Å². The maximum Gasteiger partial charge on any atom is 0.338 e. The number of hydrogen-bond donors (Lipinski definition) is 0. The number of carbonyl (C=O) groups is 1. The SMILES string of the molecule is COC(=O)C1=C(C)N=c2s/c(=C\c3ccc(OCc4ccc([N+](=O)[O-])cc4)cc3)c(=O)n2[C@H]1c1ccc(Cl)cc1. The number of nitro benzene ring substituents is 1. The summed E-state index contributed by atoms with van der Waals surface area (Å²) in [6.07, 6.45) is 1.76. The first-order chi connectivity index (χ1) is 19.2. The zero-order valence-electron chi connectivity index (χ0n) is 21.4. The number of ether oxygens (including phenoxy) is 2. The number of nitro groups is 1. The smallest absolute Gasteiger partial charge is 0.338 e. The van der Waals surface area contributed by atoms with E-state index < -0.39 is 16.9 Å². The molecule has 0 radical (unpaired) electrons. The van der Waals surface area contributed by atoms with Crippen LogP contribution in [0.3, 0.4) is 0 Å². The Labute approximate surface area is 237 Å². The molecule has 4 aromatic rings. The van der Waals surface area contributed by atoms with Gasteiger partial charge >= 0.3 is 5.97 Å². The fraction of sp³-hybridized carbons (Fsp3) is 0.138. The third kappa shape index (κ3) is 5.45. The molecule has 0 N–H and O–H groups in total. The number of esters is 1. The Bertz CT molecular complexity index is 1810. The molecule has 202 valence electrons. The number of carbonyl (C=O) groups excluding carboxylic acids is 1. The monoisotopic (exact) mass is 575 g/mol. The molecule has 0 saturated carbocycles. The van der Waals surface area contributed by atoms with Crippen molar-refractivity contribution in [3.63, 3.8) is 0 Å². The normalized spacial score (nSPS) is 14.9. The van der Waals surface area contributed by atoms with Crippen molar-refractivity contribution in [3.05, 3.63) is 136 Å². The van der Waals surface area contributed by atoms with E-state index in [1.807, 2.05) is 12.1 Å². The summed E-state index contributed by atoms with van der Waals surface area (Å²) in [5.41, 5.74) is 2.80. The molecule has 0 aliphatic carbocycles. The van der Waals surface area contributed by atoms with Crippen LogP contribution < -0.4 is 19.6 Å². The van der Waals surface area contributed by atoms with Gasteiger partial charge in [0.05, 0.1) is 33.9 Å². The molecule has 0 saturated heterocycles. The van der Waals surface area contributed by atoms with Crippen LogP contribution in [0.5, 0.6) is 5.75 Å². The Hall–Kier alpha value is -4.54. The molecular formula is C29H22ClN3O6S. The zero-order chi connectivity index (χ0) is 28.4. The zero-order valence-corrected chi connectivity index (χ0v) is 22.9. The molecule has 9 nitrogen and oxygen atoms in total. The third-order valence-corrected chi connectivity index (χ3v) is 7.58. The van der Waals surface area contributed by atoms with Gasteiger partial charge in [-0.05, 0) is 66.1 Å². The van der Waals surface area contributed by atoms with Crippen LogP contribution in [-0.2, 0) is 16.1 Å². The molecule has 0 bridgehead atoms. The number of non-ortho nitro benzene ring substituents is 1. The van der Waals surface area contributed by atoms with Crippen molar-refractivity contribution in [2.45, 2.75) is 19.6 Å². The third-order valence-electron chi connectivity index (χ3n) is 6.34. The molecular weight excluding hydrogens is 554 g/mol. The second-order valence-corrected chi connectivity index (χ2v) is 10.4. The summed E-state index contributed by atoms with van der Waals surface area (Å²) < 4.78 is 12.8. The molecule has 11 heteroatoms. The van der Waals surface area contributed by atoms with Gasteiger partial charge in [0.2, 0.25) is 0 Å². The van der Waals surface area contributed by atoms with E-state index in [0.717, 1.165) is 11.1 Å². The highest BCUT2D eigenvalue weighted by atomic mass is 35.5. The van der Waals surface area contributed by atoms with Gasteiger partial charge in [-0.15, -0.1) is 0 Å². The standard InChI is InChI=1S/C29H22ClN3O6S/c1-17-25(28(35)38-2)26(20-7-9-21(30)10-8-20)32-27(34)24(40-29(32)31-17)15-18-5-13-23(14-6-18)39-16-19-3-11-22(12-4-19)33(36)37/h3-15,26H,16H2,1-2H3/b24-15-/t26-/m0/s1. The molecule has 3 aromatic carbocycles. The summed E-state index contributed by atoms with van der Waals surface area (Å²) in [6, 6.07) is 19.7. The van der Waals surface area contributed by atoms with Crippen LogP contribution in [0.15, 0.2) is 93.9 Å². The average molecular weight is 576 g/mol. The molecule has 0 amide bonds. The summed E-state index contributed by atoms with van der Waals surface area (Å²) in [5.74, 6) is 0.0536. The highest BCUT2D eigenvalue weighted by Gasteiger charge is 2.33. The lowest BCUT2D eigenvalue weighted by Gasteiger charge is -2.24. The largest absolute Gasteiger partial charge is 0.489 e. The van der Waals surface area contributed by atoms with Gasteiger partial charge in [0.25, 0.3) is 11.2 Å². The first-order valence-corrected chi connectivity index (χ1v) is 13.3. The van der Waals surface area contributed by atoms with E-state index in [-0.39, 0.29) is 17.9 Å². The van der Waals surface area contributed by atoms with E-state index in [1.54, 1.807) is 61.5 Å². The van der Waals surface area contributed by atoms with Crippen LogP contribution in [0.1, 0.15) is 29.7 Å². The Kier molecular flexibility index (Phi) is 7.63. The quantitative estimate of drug-likeness (QED) is 0.181. The molecule has 0 spiro atoms. The lowest BCUT2D eigenvalue weighted by Crippen LogP contribution is -2.39. The Morgan fingerprint density at radius 1 is 1.10 bits per heavy atom. The number of benzene rings is 3. The molecule has 1 aliphatic rings. The number of halogens is 1. The van der Waals surface area contributed by atoms with Crippen LogP contribution in [0.2, 0.25) is 5.02 Å². The van der Waals surface area contributed by atoms with Gasteiger partial charge in [-0.25, -0.2) is 9.79 Å². The predicted molar refractivity (Wildman–Crippen MR) is 151 cm³/mol. The molecule has 1 aliphatic heterocycles. The van der Waals surface area contributed by atoms with E-state index in [4.69, 9.17) is 21.1 Å². The summed E-state index contributed by atoms with van der Waals surface area (Å²) in [6.45, 7) is 1.98. The van der Waals surface area contributed by atoms with Crippen molar-refractivity contribution in [2.75, 3.05) is 7.11 Å². The summed E-state index contributed by atoms with van der Waals surface area (Å²) in [4.78, 5) is 41.8. The highest BCUT2D eigenvalue weighted by molar-refractivity contribution is 7.07. The molecule has 0 fully saturated rings. The van der Waals surface area contributed by atoms with E-state index in [1.165, 1.54) is 35.1 Å². The molecule has 2 heterocycles. The van der Waals surface area contributed by atoms with Gasteiger partial charge in [0.1, 0.15) is 12.4 Å². The number of methoxy groups -OCH3 is 1. The van der Waals surface area contributed by atoms with Gasteiger partial charge in [0, 0.05) is 17.2 Å². The van der Waals surface area contributed by atoms with Crippen LogP contribution in [-0.4, -0.2) is 22.6 Å². The van der Waals surface area contributed by atoms with Gasteiger partial charge < -0.3 is 9.47 Å². The van der Waals surface area contributed by atoms with E-state index >= 15 is 0 Å². The summed E-state index contributed by atoms with van der Waals surface area (Å²) in [7, 11) is 1.30. The molecule has 1 aromatic heterocycles. The van der Waals surface area contributed by atoms with Crippen molar-refractivity contribution >= 4 is 40.7 Å². The lowest BCUT2D eigenvalue weighted by atomic mass is 9.96. The predicted octanol–water partition coefficient (Wildman–Crippen LogP) is 4.55. The number of nitrogens with zero attached hydrogens (tertiary/aromatic N) is 3. The average Bonchev–Trinajstić information content (AvgIpc) is 3.26. The molecule has 1 atom stereocenters. The lowest BCUT2D eigenvalue weighted by molar-refractivity contribution is -0.384. The minimum absolute atomic E-state index is 0.0227. The van der Waals surface area contributed by atoms with Crippen molar-refractivity contribution in [1.29, 1.82) is 0 Å². The molecule has 5 rings (SSSR count). The van der Waals surface area contributed by atoms with Gasteiger partial charge in [-0.3, -0.25) is 19.5 Å². The highest BCUT2D eigenvalue weighted by Crippen LogP contribution is 2.31. The van der Waals surface area contributed by atoms with Crippen molar-refractivity contribution < 1.29 is 19.2 Å². The van der Waals surface area contributed by atoms with Crippen molar-refractivity contribution in [2.24, 2.45) is 4.99 Å². The number of aromatic nitrogens is 1. The maximum atomic E-state index is 13.6. The van der Waals surface area contributed by atoms with Crippen LogP contribution in [0.25, 0.3) is 6.08 Å². The maximum absolute atomic E-state index is 13.6. The second-order valence-electron chi connectivity index (χ2n) is 8.91. The van der Waals surface area contributed by atoms with Crippen LogP contribution in [0, 0.1) is 10.1 Å². The minimum atomic E-state index is -0.710. The first kappa shape index (κ1) is 27.0. The summed E-state index contributed by atoms with van der Waals surface area (Å²) in [5, 5.41) is 11.4. The van der Waals surface area contributed by atoms with Gasteiger partial charge in [-0.1, -0.05) is 47.2 Å². The number of rotatable bonds is 7. The summed E-state index contributed by atoms with van der Waals surface area (Å²) >= 11 is 7.32. The van der Waals surface area contributed by atoms with E-state index in [9.17, 15) is 19.7 Å². The van der Waals surface area contributed by atoms with E-state index in [0.29, 0.717) is 36.9 Å². The van der Waals surface area contributed by atoms with Crippen molar-refractivity contribution in [3.8, 4) is 5.75 Å².